The molecule has 1 rings (SSSR count). The van der Waals surface area contributed by atoms with Gasteiger partial charge in [0.1, 0.15) is 5.75 Å². The maximum Gasteiger partial charge on any atom is 0.264 e. The molecule has 0 N–H and O–H groups in total. The van der Waals surface area contributed by atoms with Crippen molar-refractivity contribution in [2.24, 2.45) is 0 Å². The van der Waals surface area contributed by atoms with Gasteiger partial charge >= 0.3 is 0 Å². The molecule has 2 nitrogen and oxygen atoms in total. The van der Waals surface area contributed by atoms with Gasteiger partial charge in [-0.05, 0) is 25.1 Å². The summed E-state index contributed by atoms with van der Waals surface area (Å²) in [5.41, 5.74) is 0.103. The van der Waals surface area contributed by atoms with E-state index in [-0.39, 0.29) is 23.3 Å². The van der Waals surface area contributed by atoms with Gasteiger partial charge in [-0.25, -0.2) is 8.78 Å². The molecule has 0 aliphatic heterocycles. The molecule has 0 heterocycles. The minimum atomic E-state index is -2.59. The van der Waals surface area contributed by atoms with E-state index in [0.717, 1.165) is 0 Å². The highest BCUT2D eigenvalue weighted by Crippen LogP contribution is 2.26. The Bertz CT molecular complexity index is 375. The van der Waals surface area contributed by atoms with Gasteiger partial charge in [0.2, 0.25) is 0 Å². The van der Waals surface area contributed by atoms with Gasteiger partial charge in [-0.3, -0.25) is 4.79 Å². The molecular formula is C12H14F2O2. The van der Waals surface area contributed by atoms with Crippen LogP contribution in [-0.4, -0.2) is 12.4 Å². The third kappa shape index (κ3) is 3.02. The molecule has 0 aliphatic rings. The Morgan fingerprint density at radius 3 is 2.50 bits per heavy atom. The number of hydrogen-bond acceptors (Lipinski definition) is 2. The Morgan fingerprint density at radius 1 is 1.31 bits per heavy atom. The Labute approximate surface area is 93.2 Å². The lowest BCUT2D eigenvalue weighted by molar-refractivity contribution is 0.0987. The Hall–Kier alpha value is -1.45. The molecule has 16 heavy (non-hydrogen) atoms. The van der Waals surface area contributed by atoms with Crippen LogP contribution in [0.15, 0.2) is 18.2 Å². The summed E-state index contributed by atoms with van der Waals surface area (Å²) in [7, 11) is 0. The molecule has 0 saturated carbocycles. The second-order valence-corrected chi connectivity index (χ2v) is 3.30. The monoisotopic (exact) mass is 228 g/mol. The summed E-state index contributed by atoms with van der Waals surface area (Å²) < 4.78 is 30.3. The summed E-state index contributed by atoms with van der Waals surface area (Å²) in [6.45, 7) is 3.83. The normalized spacial score (nSPS) is 10.6. The predicted molar refractivity (Wildman–Crippen MR) is 57.2 cm³/mol. The van der Waals surface area contributed by atoms with Crippen LogP contribution in [0.25, 0.3) is 0 Å². The highest BCUT2D eigenvalue weighted by molar-refractivity contribution is 5.96. The number of alkyl halides is 2. The first kappa shape index (κ1) is 12.6. The quantitative estimate of drug-likeness (QED) is 0.719. The molecule has 0 atom stereocenters. The van der Waals surface area contributed by atoms with Gasteiger partial charge < -0.3 is 4.74 Å². The second kappa shape index (κ2) is 5.58. The standard InChI is InChI=1S/C12H14F2O2/c1-3-11(15)8-5-9(12(13)14)7-10(6-8)16-4-2/h5-7,12H,3-4H2,1-2H3. The van der Waals surface area contributed by atoms with Crippen molar-refractivity contribution in [3.05, 3.63) is 29.3 Å². The number of Topliss-reactive ketones (excluding diaryl/α,β-unsaturated/α-hetero) is 1. The number of halogens is 2. The first-order chi connectivity index (χ1) is 7.58. The summed E-state index contributed by atoms with van der Waals surface area (Å²) in [6.07, 6.45) is -2.30. The first-order valence-electron chi connectivity index (χ1n) is 5.17. The van der Waals surface area contributed by atoms with E-state index in [1.54, 1.807) is 13.8 Å². The number of benzene rings is 1. The summed E-state index contributed by atoms with van der Waals surface area (Å²) in [5.74, 6) is 0.153. The van der Waals surface area contributed by atoms with Crippen LogP contribution in [0.3, 0.4) is 0 Å². The fourth-order valence-electron chi connectivity index (χ4n) is 1.36. The highest BCUT2D eigenvalue weighted by atomic mass is 19.3. The molecule has 0 amide bonds. The number of ether oxygens (including phenoxy) is 1. The Morgan fingerprint density at radius 2 is 2.00 bits per heavy atom. The lowest BCUT2D eigenvalue weighted by Gasteiger charge is -2.08. The minimum absolute atomic E-state index is 0.163. The SMILES string of the molecule is CCOc1cc(C(=O)CC)cc(C(F)F)c1. The molecule has 0 unspecified atom stereocenters. The third-order valence-corrected chi connectivity index (χ3v) is 2.13. The van der Waals surface area contributed by atoms with Crippen molar-refractivity contribution in [2.75, 3.05) is 6.61 Å². The summed E-state index contributed by atoms with van der Waals surface area (Å²) >= 11 is 0. The molecule has 4 heteroatoms. The van der Waals surface area contributed by atoms with E-state index in [0.29, 0.717) is 12.4 Å². The number of carbonyl (C=O) groups excluding carboxylic acids is 1. The van der Waals surface area contributed by atoms with E-state index in [9.17, 15) is 13.6 Å². The topological polar surface area (TPSA) is 26.3 Å². The molecule has 0 aromatic heterocycles. The average Bonchev–Trinajstić information content (AvgIpc) is 2.28. The van der Waals surface area contributed by atoms with Gasteiger partial charge in [-0.1, -0.05) is 6.92 Å². The number of rotatable bonds is 5. The van der Waals surface area contributed by atoms with E-state index in [1.807, 2.05) is 0 Å². The molecule has 0 aliphatic carbocycles. The van der Waals surface area contributed by atoms with E-state index >= 15 is 0 Å². The molecule has 0 radical (unpaired) electrons. The van der Waals surface area contributed by atoms with Gasteiger partial charge in [0, 0.05) is 17.5 Å². The van der Waals surface area contributed by atoms with Gasteiger partial charge in [0.15, 0.2) is 5.78 Å². The minimum Gasteiger partial charge on any atom is -0.494 e. The smallest absolute Gasteiger partial charge is 0.264 e. The zero-order valence-electron chi connectivity index (χ0n) is 9.30. The van der Waals surface area contributed by atoms with Crippen LogP contribution in [0.2, 0.25) is 0 Å². The summed E-state index contributed by atoms with van der Waals surface area (Å²) in [5, 5.41) is 0. The van der Waals surface area contributed by atoms with Crippen LogP contribution in [-0.2, 0) is 0 Å². The van der Waals surface area contributed by atoms with Crippen molar-refractivity contribution in [3.63, 3.8) is 0 Å². The second-order valence-electron chi connectivity index (χ2n) is 3.30. The van der Waals surface area contributed by atoms with Gasteiger partial charge in [-0.2, -0.15) is 0 Å². The molecule has 0 fully saturated rings. The first-order valence-corrected chi connectivity index (χ1v) is 5.17. The molecule has 0 saturated heterocycles. The molecule has 0 spiro atoms. The molecular weight excluding hydrogens is 214 g/mol. The molecule has 0 bridgehead atoms. The third-order valence-electron chi connectivity index (χ3n) is 2.13. The van der Waals surface area contributed by atoms with Gasteiger partial charge in [-0.15, -0.1) is 0 Å². The Balaban J connectivity index is 3.13. The van der Waals surface area contributed by atoms with E-state index in [2.05, 4.69) is 0 Å². The van der Waals surface area contributed by atoms with Gasteiger partial charge in [0.05, 0.1) is 6.61 Å². The van der Waals surface area contributed by atoms with Crippen LogP contribution < -0.4 is 4.74 Å². The van der Waals surface area contributed by atoms with Crippen LogP contribution in [0.5, 0.6) is 5.75 Å². The zero-order valence-corrected chi connectivity index (χ0v) is 9.30. The summed E-state index contributed by atoms with van der Waals surface area (Å²) in [4.78, 5) is 11.4. The zero-order chi connectivity index (χ0) is 12.1. The molecule has 1 aromatic rings. The molecule has 88 valence electrons. The number of hydrogen-bond donors (Lipinski definition) is 0. The number of carbonyl (C=O) groups is 1. The van der Waals surface area contributed by atoms with Crippen molar-refractivity contribution < 1.29 is 18.3 Å². The summed E-state index contributed by atoms with van der Waals surface area (Å²) in [6, 6.07) is 3.99. The number of ketones is 1. The van der Waals surface area contributed by atoms with Crippen LogP contribution in [0, 0.1) is 0 Å². The fraction of sp³-hybridized carbons (Fsp3) is 0.417. The maximum atomic E-state index is 12.6. The average molecular weight is 228 g/mol. The van der Waals surface area contributed by atoms with Gasteiger partial charge in [0.25, 0.3) is 6.43 Å². The predicted octanol–water partition coefficient (Wildman–Crippen LogP) is 3.62. The fourth-order valence-corrected chi connectivity index (χ4v) is 1.36. The largest absolute Gasteiger partial charge is 0.494 e. The van der Waals surface area contributed by atoms with Crippen molar-refractivity contribution in [2.45, 2.75) is 26.7 Å². The van der Waals surface area contributed by atoms with Crippen molar-refractivity contribution >= 4 is 5.78 Å². The van der Waals surface area contributed by atoms with Crippen LogP contribution >= 0.6 is 0 Å². The van der Waals surface area contributed by atoms with E-state index in [1.165, 1.54) is 18.2 Å². The van der Waals surface area contributed by atoms with Crippen LogP contribution in [0.4, 0.5) is 8.78 Å². The van der Waals surface area contributed by atoms with E-state index < -0.39 is 6.43 Å². The lowest BCUT2D eigenvalue weighted by Crippen LogP contribution is -2.01. The van der Waals surface area contributed by atoms with E-state index in [4.69, 9.17) is 4.74 Å². The van der Waals surface area contributed by atoms with Crippen LogP contribution in [0.1, 0.15) is 42.6 Å². The lowest BCUT2D eigenvalue weighted by atomic mass is 10.1. The maximum absolute atomic E-state index is 12.6. The highest BCUT2D eigenvalue weighted by Gasteiger charge is 2.13. The van der Waals surface area contributed by atoms with Crippen molar-refractivity contribution in [1.29, 1.82) is 0 Å². The Kier molecular flexibility index (Phi) is 4.40. The van der Waals surface area contributed by atoms with Crippen molar-refractivity contribution in [3.8, 4) is 5.75 Å². The van der Waals surface area contributed by atoms with Crippen molar-refractivity contribution in [1.82, 2.24) is 0 Å². The molecule has 1 aromatic carbocycles.